The van der Waals surface area contributed by atoms with E-state index in [0.717, 1.165) is 27.2 Å². The van der Waals surface area contributed by atoms with E-state index in [1.807, 2.05) is 48.5 Å². The molecule has 35 heavy (non-hydrogen) atoms. The average Bonchev–Trinajstić information content (AvgIpc) is 3.29. The van der Waals surface area contributed by atoms with Crippen LogP contribution in [-0.4, -0.2) is 59.6 Å². The predicted octanol–water partition coefficient (Wildman–Crippen LogP) is 4.12. The summed E-state index contributed by atoms with van der Waals surface area (Å²) in [5.41, 5.74) is 3.37. The van der Waals surface area contributed by atoms with Crippen molar-refractivity contribution in [2.24, 2.45) is 11.3 Å². The number of carboxylic acids is 1. The number of carboxylic acid groups (broad SMARTS) is 1. The van der Waals surface area contributed by atoms with E-state index in [4.69, 9.17) is 9.84 Å². The third-order valence-corrected chi connectivity index (χ3v) is 6.64. The first-order valence-electron chi connectivity index (χ1n) is 11.4. The van der Waals surface area contributed by atoms with Crippen molar-refractivity contribution < 1.29 is 33.0 Å². The molecule has 1 fully saturated rings. The summed E-state index contributed by atoms with van der Waals surface area (Å²) in [6, 6.07) is 14.5. The third-order valence-electron chi connectivity index (χ3n) is 6.64. The van der Waals surface area contributed by atoms with Crippen LogP contribution in [0.4, 0.5) is 13.6 Å². The minimum Gasteiger partial charge on any atom is -0.481 e. The highest BCUT2D eigenvalue weighted by molar-refractivity contribution is 5.88. The van der Waals surface area contributed by atoms with Crippen LogP contribution in [0.3, 0.4) is 0 Å². The van der Waals surface area contributed by atoms with Crippen molar-refractivity contribution in [2.75, 3.05) is 19.7 Å². The van der Waals surface area contributed by atoms with Crippen molar-refractivity contribution in [2.45, 2.75) is 38.7 Å². The molecule has 1 heterocycles. The van der Waals surface area contributed by atoms with Crippen LogP contribution in [0.25, 0.3) is 11.1 Å². The molecule has 4 rings (SSSR count). The number of hydrogen-bond acceptors (Lipinski definition) is 4. The van der Waals surface area contributed by atoms with Gasteiger partial charge in [0.05, 0.1) is 6.54 Å². The number of likely N-dealkylation sites (tertiary alicyclic amines) is 1. The number of benzene rings is 2. The number of rotatable bonds is 5. The summed E-state index contributed by atoms with van der Waals surface area (Å²) in [6.45, 7) is 3.45. The normalized spacial score (nSPS) is 19.6. The van der Waals surface area contributed by atoms with Crippen molar-refractivity contribution in [3.63, 3.8) is 0 Å². The standard InChI is InChI=1S/C26H28F2N2O5/c1-25(2,3)21(22(31)30-12-20(23(32)33)26(27,28)14-30)29-24(34)35-13-19-17-10-6-4-8-15(17)16-9-5-7-11-18(16)19/h4-11,19-21H,12-14H2,1-3H3,(H,29,34)(H,32,33). The maximum Gasteiger partial charge on any atom is 0.407 e. The fourth-order valence-corrected chi connectivity index (χ4v) is 4.80. The molecular weight excluding hydrogens is 458 g/mol. The molecule has 0 radical (unpaired) electrons. The summed E-state index contributed by atoms with van der Waals surface area (Å²) >= 11 is 0. The number of fused-ring (bicyclic) bond motifs is 3. The van der Waals surface area contributed by atoms with Gasteiger partial charge in [0.25, 0.3) is 5.92 Å². The predicted molar refractivity (Wildman–Crippen MR) is 124 cm³/mol. The van der Waals surface area contributed by atoms with Crippen LogP contribution in [0.2, 0.25) is 0 Å². The molecule has 2 aromatic rings. The summed E-state index contributed by atoms with van der Waals surface area (Å²) in [7, 11) is 0. The lowest BCUT2D eigenvalue weighted by atomic mass is 9.86. The summed E-state index contributed by atoms with van der Waals surface area (Å²) < 4.78 is 33.8. The summed E-state index contributed by atoms with van der Waals surface area (Å²) in [5.74, 6) is -8.14. The second-order valence-electron chi connectivity index (χ2n) is 10.1. The van der Waals surface area contributed by atoms with Crippen molar-refractivity contribution in [3.05, 3.63) is 59.7 Å². The first-order chi connectivity index (χ1) is 16.4. The van der Waals surface area contributed by atoms with Crippen molar-refractivity contribution in [1.82, 2.24) is 10.2 Å². The minimum absolute atomic E-state index is 0.0355. The average molecular weight is 487 g/mol. The van der Waals surface area contributed by atoms with Gasteiger partial charge >= 0.3 is 12.1 Å². The fraction of sp³-hybridized carbons (Fsp3) is 0.423. The molecule has 9 heteroatoms. The molecule has 186 valence electrons. The smallest absolute Gasteiger partial charge is 0.407 e. The SMILES string of the molecule is CC(C)(C)C(NC(=O)OCC1c2ccccc2-c2ccccc21)C(=O)N1CC(C(=O)O)C(F)(F)C1. The zero-order chi connectivity index (χ0) is 25.5. The van der Waals surface area contributed by atoms with E-state index >= 15 is 0 Å². The Bertz CT molecular complexity index is 1110. The Morgan fingerprint density at radius 3 is 2.11 bits per heavy atom. The van der Waals surface area contributed by atoms with E-state index in [1.54, 1.807) is 20.8 Å². The van der Waals surface area contributed by atoms with Gasteiger partial charge in [-0.3, -0.25) is 9.59 Å². The lowest BCUT2D eigenvalue weighted by molar-refractivity contribution is -0.151. The van der Waals surface area contributed by atoms with E-state index in [2.05, 4.69) is 5.32 Å². The lowest BCUT2D eigenvalue weighted by Gasteiger charge is -2.33. The number of halogens is 2. The summed E-state index contributed by atoms with van der Waals surface area (Å²) in [6.07, 6.45) is -0.846. The van der Waals surface area contributed by atoms with Gasteiger partial charge in [-0.05, 0) is 27.7 Å². The Morgan fingerprint density at radius 1 is 1.09 bits per heavy atom. The van der Waals surface area contributed by atoms with Gasteiger partial charge in [0.2, 0.25) is 5.91 Å². The second kappa shape index (κ2) is 8.94. The lowest BCUT2D eigenvalue weighted by Crippen LogP contribution is -2.54. The Hall–Kier alpha value is -3.49. The highest BCUT2D eigenvalue weighted by atomic mass is 19.3. The van der Waals surface area contributed by atoms with E-state index in [-0.39, 0.29) is 12.5 Å². The summed E-state index contributed by atoms with van der Waals surface area (Å²) in [4.78, 5) is 37.9. The Labute approximate surface area is 202 Å². The topological polar surface area (TPSA) is 95.9 Å². The van der Waals surface area contributed by atoms with E-state index in [1.165, 1.54) is 0 Å². The molecular formula is C26H28F2N2O5. The molecule has 2 unspecified atom stereocenters. The summed E-state index contributed by atoms with van der Waals surface area (Å²) in [5, 5.41) is 11.6. The number of amides is 2. The van der Waals surface area contributed by atoms with E-state index < -0.39 is 54.4 Å². The van der Waals surface area contributed by atoms with Gasteiger partial charge in [-0.25, -0.2) is 13.6 Å². The molecule has 1 aliphatic heterocycles. The third kappa shape index (κ3) is 4.72. The number of ether oxygens (including phenoxy) is 1. The molecule has 1 saturated heterocycles. The van der Waals surface area contributed by atoms with Crippen LogP contribution in [0.1, 0.15) is 37.8 Å². The van der Waals surface area contributed by atoms with E-state index in [9.17, 15) is 23.2 Å². The number of hydrogen-bond donors (Lipinski definition) is 2. The van der Waals surface area contributed by atoms with Crippen molar-refractivity contribution in [1.29, 1.82) is 0 Å². The first kappa shape index (κ1) is 24.6. The number of aliphatic carboxylic acids is 1. The van der Waals surface area contributed by atoms with Crippen LogP contribution < -0.4 is 5.32 Å². The number of carbonyl (C=O) groups is 3. The van der Waals surface area contributed by atoms with Crippen molar-refractivity contribution >= 4 is 18.0 Å². The van der Waals surface area contributed by atoms with Gasteiger partial charge in [0.15, 0.2) is 0 Å². The molecule has 0 aromatic heterocycles. The van der Waals surface area contributed by atoms with Gasteiger partial charge in [0, 0.05) is 12.5 Å². The Kier molecular flexibility index (Phi) is 6.29. The molecule has 1 aliphatic carbocycles. The van der Waals surface area contributed by atoms with Gasteiger partial charge in [0.1, 0.15) is 18.6 Å². The molecule has 0 bridgehead atoms. The second-order valence-corrected chi connectivity index (χ2v) is 10.1. The molecule has 2 atom stereocenters. The monoisotopic (exact) mass is 486 g/mol. The number of alkyl halides is 2. The molecule has 7 nitrogen and oxygen atoms in total. The minimum atomic E-state index is -3.55. The highest BCUT2D eigenvalue weighted by Crippen LogP contribution is 2.44. The van der Waals surface area contributed by atoms with Crippen LogP contribution in [0.15, 0.2) is 48.5 Å². The van der Waals surface area contributed by atoms with Crippen molar-refractivity contribution in [3.8, 4) is 11.1 Å². The Balaban J connectivity index is 1.46. The molecule has 2 aliphatic rings. The maximum absolute atomic E-state index is 14.1. The molecule has 0 spiro atoms. The largest absolute Gasteiger partial charge is 0.481 e. The van der Waals surface area contributed by atoms with Crippen LogP contribution in [0.5, 0.6) is 0 Å². The van der Waals surface area contributed by atoms with Crippen LogP contribution in [-0.2, 0) is 14.3 Å². The van der Waals surface area contributed by atoms with Crippen LogP contribution in [0, 0.1) is 11.3 Å². The Morgan fingerprint density at radius 2 is 1.63 bits per heavy atom. The van der Waals surface area contributed by atoms with Gasteiger partial charge < -0.3 is 20.1 Å². The molecule has 0 saturated carbocycles. The number of carbonyl (C=O) groups excluding carboxylic acids is 2. The van der Waals surface area contributed by atoms with E-state index in [0.29, 0.717) is 0 Å². The molecule has 2 aromatic carbocycles. The maximum atomic E-state index is 14.1. The quantitative estimate of drug-likeness (QED) is 0.663. The van der Waals surface area contributed by atoms with Gasteiger partial charge in [-0.2, -0.15) is 0 Å². The van der Waals surface area contributed by atoms with Gasteiger partial charge in [-0.1, -0.05) is 69.3 Å². The fourth-order valence-electron chi connectivity index (χ4n) is 4.80. The first-order valence-corrected chi connectivity index (χ1v) is 11.4. The number of nitrogens with zero attached hydrogens (tertiary/aromatic N) is 1. The zero-order valence-electron chi connectivity index (χ0n) is 19.8. The number of nitrogens with one attached hydrogen (secondary N) is 1. The van der Waals surface area contributed by atoms with Crippen LogP contribution >= 0.6 is 0 Å². The highest BCUT2D eigenvalue weighted by Gasteiger charge is 2.55. The molecule has 2 N–H and O–H groups in total. The molecule has 2 amide bonds. The zero-order valence-corrected chi connectivity index (χ0v) is 19.8. The number of alkyl carbamates (subject to hydrolysis) is 1. The van der Waals surface area contributed by atoms with Gasteiger partial charge in [-0.15, -0.1) is 0 Å².